The van der Waals surface area contributed by atoms with Crippen LogP contribution in [0.5, 0.6) is 0 Å². The molecule has 25 heavy (non-hydrogen) atoms. The van der Waals surface area contributed by atoms with E-state index >= 15 is 0 Å². The molecule has 0 amide bonds. The second kappa shape index (κ2) is 7.43. The van der Waals surface area contributed by atoms with Crippen LogP contribution in [0, 0.1) is 5.92 Å². The normalized spacial score (nSPS) is 21.6. The highest BCUT2D eigenvalue weighted by Gasteiger charge is 2.26. The van der Waals surface area contributed by atoms with Gasteiger partial charge in [0.1, 0.15) is 5.82 Å². The van der Waals surface area contributed by atoms with Gasteiger partial charge >= 0.3 is 0 Å². The Morgan fingerprint density at radius 2 is 2.16 bits per heavy atom. The molecule has 2 aliphatic heterocycles. The van der Waals surface area contributed by atoms with Crippen molar-refractivity contribution in [1.82, 2.24) is 19.6 Å². The Labute approximate surface area is 150 Å². The number of nitrogens with zero attached hydrogens (tertiary/aromatic N) is 4. The summed E-state index contributed by atoms with van der Waals surface area (Å²) in [5, 5.41) is 6.83. The molecule has 1 saturated heterocycles. The van der Waals surface area contributed by atoms with Crippen LogP contribution in [0.25, 0.3) is 0 Å². The zero-order chi connectivity index (χ0) is 18.0. The molecule has 2 aliphatic rings. The number of anilines is 2. The average Bonchev–Trinajstić information content (AvgIpc) is 2.59. The van der Waals surface area contributed by atoms with Gasteiger partial charge in [-0.2, -0.15) is 4.98 Å². The molecule has 1 aromatic heterocycles. The summed E-state index contributed by atoms with van der Waals surface area (Å²) in [5.74, 6) is 1.90. The van der Waals surface area contributed by atoms with E-state index in [1.54, 1.807) is 4.31 Å². The largest absolute Gasteiger partial charge is 0.369 e. The van der Waals surface area contributed by atoms with E-state index < -0.39 is 10.0 Å². The number of nitrogens with one attached hydrogen (secondary N) is 2. The van der Waals surface area contributed by atoms with Gasteiger partial charge in [0.05, 0.1) is 11.9 Å². The van der Waals surface area contributed by atoms with E-state index in [2.05, 4.69) is 20.6 Å². The molecule has 1 fully saturated rings. The first-order chi connectivity index (χ1) is 11.8. The predicted molar refractivity (Wildman–Crippen MR) is 99.4 cm³/mol. The van der Waals surface area contributed by atoms with Gasteiger partial charge in [0.15, 0.2) is 0 Å². The van der Waals surface area contributed by atoms with E-state index in [4.69, 9.17) is 0 Å². The van der Waals surface area contributed by atoms with Crippen LogP contribution >= 0.6 is 0 Å². The van der Waals surface area contributed by atoms with Crippen LogP contribution in [0.1, 0.15) is 24.1 Å². The van der Waals surface area contributed by atoms with Crippen LogP contribution in [0.3, 0.4) is 0 Å². The average molecular weight is 369 g/mol. The smallest absolute Gasteiger partial charge is 0.227 e. The first-order valence-corrected chi connectivity index (χ1v) is 10.7. The zero-order valence-electron chi connectivity index (χ0n) is 15.2. The Morgan fingerprint density at radius 3 is 2.88 bits per heavy atom. The summed E-state index contributed by atoms with van der Waals surface area (Å²) < 4.78 is 25.2. The quantitative estimate of drug-likeness (QED) is 0.771. The van der Waals surface area contributed by atoms with Gasteiger partial charge in [-0.3, -0.25) is 0 Å². The van der Waals surface area contributed by atoms with E-state index in [-0.39, 0.29) is 0 Å². The van der Waals surface area contributed by atoms with Crippen LogP contribution < -0.4 is 15.5 Å². The van der Waals surface area contributed by atoms with Crippen LogP contribution in [-0.2, 0) is 23.0 Å². The first kappa shape index (κ1) is 18.3. The molecule has 3 rings (SSSR count). The Balaban J connectivity index is 1.73. The third-order valence-corrected chi connectivity index (χ3v) is 6.10. The van der Waals surface area contributed by atoms with Crippen LogP contribution in [0.2, 0.25) is 0 Å². The van der Waals surface area contributed by atoms with Crippen LogP contribution in [-0.4, -0.2) is 69.2 Å². The minimum absolute atomic E-state index is 0.304. The van der Waals surface area contributed by atoms with Crippen LogP contribution in [0.4, 0.5) is 11.8 Å². The summed E-state index contributed by atoms with van der Waals surface area (Å²) in [6, 6.07) is 0. The van der Waals surface area contributed by atoms with Crippen molar-refractivity contribution in [3.63, 3.8) is 0 Å². The molecule has 0 aliphatic carbocycles. The molecule has 0 radical (unpaired) electrons. The minimum atomic E-state index is -3.11. The molecule has 0 bridgehead atoms. The summed E-state index contributed by atoms with van der Waals surface area (Å²) in [6.07, 6.45) is 4.15. The number of fused-ring (bicyclic) bond motifs is 1. The van der Waals surface area contributed by atoms with Crippen molar-refractivity contribution in [3.05, 3.63) is 11.3 Å². The summed E-state index contributed by atoms with van der Waals surface area (Å²) in [4.78, 5) is 11.2. The van der Waals surface area contributed by atoms with Crippen molar-refractivity contribution in [1.29, 1.82) is 0 Å². The highest BCUT2D eigenvalue weighted by atomic mass is 32.2. The second-order valence-electron chi connectivity index (χ2n) is 7.13. The highest BCUT2D eigenvalue weighted by molar-refractivity contribution is 7.88. The number of sulfonamides is 1. The monoisotopic (exact) mass is 368 g/mol. The van der Waals surface area contributed by atoms with Gasteiger partial charge in [0, 0.05) is 45.8 Å². The maximum atomic E-state index is 11.8. The SMILES string of the molecule is CN(C)c1nc2c(c(NC[C@H]3CCCN(S(C)(=O)=O)C3)n1)CCNC2. The number of hydrogen-bond donors (Lipinski definition) is 2. The van der Waals surface area contributed by atoms with Crippen molar-refractivity contribution in [3.8, 4) is 0 Å². The summed E-state index contributed by atoms with van der Waals surface area (Å²) in [7, 11) is 0.766. The molecule has 0 aromatic carbocycles. The molecule has 8 nitrogen and oxygen atoms in total. The zero-order valence-corrected chi connectivity index (χ0v) is 16.1. The lowest BCUT2D eigenvalue weighted by molar-refractivity contribution is 0.276. The predicted octanol–water partition coefficient (Wildman–Crippen LogP) is 0.272. The maximum Gasteiger partial charge on any atom is 0.227 e. The molecule has 3 heterocycles. The fourth-order valence-corrected chi connectivity index (χ4v) is 4.37. The van der Waals surface area contributed by atoms with Gasteiger partial charge in [0.2, 0.25) is 16.0 Å². The van der Waals surface area contributed by atoms with Crippen molar-refractivity contribution in [2.45, 2.75) is 25.8 Å². The van der Waals surface area contributed by atoms with Crippen molar-refractivity contribution < 1.29 is 8.42 Å². The van der Waals surface area contributed by atoms with E-state index in [1.807, 2.05) is 19.0 Å². The van der Waals surface area contributed by atoms with E-state index in [0.717, 1.165) is 50.4 Å². The van der Waals surface area contributed by atoms with Gasteiger partial charge in [0.25, 0.3) is 0 Å². The van der Waals surface area contributed by atoms with Crippen molar-refractivity contribution >= 4 is 21.8 Å². The van der Waals surface area contributed by atoms with Crippen LogP contribution in [0.15, 0.2) is 0 Å². The third kappa shape index (κ3) is 4.39. The number of piperidine rings is 1. The maximum absolute atomic E-state index is 11.8. The first-order valence-electron chi connectivity index (χ1n) is 8.81. The van der Waals surface area contributed by atoms with E-state index in [9.17, 15) is 8.42 Å². The minimum Gasteiger partial charge on any atom is -0.369 e. The molecular weight excluding hydrogens is 340 g/mol. The lowest BCUT2D eigenvalue weighted by Crippen LogP contribution is -2.41. The fourth-order valence-electron chi connectivity index (χ4n) is 3.43. The Kier molecular flexibility index (Phi) is 5.45. The van der Waals surface area contributed by atoms with Gasteiger partial charge < -0.3 is 15.5 Å². The van der Waals surface area contributed by atoms with Gasteiger partial charge in [-0.15, -0.1) is 0 Å². The van der Waals surface area contributed by atoms with Gasteiger partial charge in [-0.1, -0.05) is 0 Å². The highest BCUT2D eigenvalue weighted by Crippen LogP contribution is 2.24. The Bertz CT molecular complexity index is 722. The summed E-state index contributed by atoms with van der Waals surface area (Å²) in [6.45, 7) is 3.64. The summed E-state index contributed by atoms with van der Waals surface area (Å²) in [5.41, 5.74) is 2.23. The topological polar surface area (TPSA) is 90.5 Å². The molecule has 9 heteroatoms. The molecule has 1 aromatic rings. The lowest BCUT2D eigenvalue weighted by Gasteiger charge is -2.31. The van der Waals surface area contributed by atoms with Gasteiger partial charge in [-0.25, -0.2) is 17.7 Å². The number of aromatic nitrogens is 2. The number of hydrogen-bond acceptors (Lipinski definition) is 7. The molecule has 0 unspecified atom stereocenters. The molecule has 2 N–H and O–H groups in total. The number of rotatable bonds is 5. The van der Waals surface area contributed by atoms with Crippen molar-refractivity contribution in [2.24, 2.45) is 5.92 Å². The molecule has 1 atom stereocenters. The molecule has 140 valence electrons. The molecule has 0 saturated carbocycles. The molecule has 0 spiro atoms. The fraction of sp³-hybridized carbons (Fsp3) is 0.750. The standard InChI is InChI=1S/C16H28N6O2S/c1-21(2)16-19-14-10-17-7-6-13(14)15(20-16)18-9-12-5-4-8-22(11-12)25(3,23)24/h12,17H,4-11H2,1-3H3,(H,18,19,20)/t12-/m1/s1. The van der Waals surface area contributed by atoms with E-state index in [1.165, 1.54) is 11.8 Å². The second-order valence-corrected chi connectivity index (χ2v) is 9.11. The van der Waals surface area contributed by atoms with Crippen molar-refractivity contribution in [2.75, 3.05) is 56.7 Å². The summed E-state index contributed by atoms with van der Waals surface area (Å²) >= 11 is 0. The third-order valence-electron chi connectivity index (χ3n) is 4.83. The Hall–Kier alpha value is -1.45. The van der Waals surface area contributed by atoms with Gasteiger partial charge in [-0.05, 0) is 31.7 Å². The lowest BCUT2D eigenvalue weighted by atomic mass is 9.99. The molecular formula is C16H28N6O2S. The Morgan fingerprint density at radius 1 is 1.36 bits per heavy atom. The van der Waals surface area contributed by atoms with E-state index in [0.29, 0.717) is 25.0 Å².